The van der Waals surface area contributed by atoms with E-state index in [1.807, 2.05) is 11.6 Å². The van der Waals surface area contributed by atoms with E-state index < -0.39 is 15.9 Å². The topological polar surface area (TPSA) is 81.7 Å². The maximum absolute atomic E-state index is 12.3. The number of rotatable bonds is 5. The zero-order chi connectivity index (χ0) is 18.0. The Morgan fingerprint density at radius 3 is 2.84 bits per heavy atom. The minimum atomic E-state index is -3.97. The largest absolute Gasteiger partial charge is 0.494 e. The second kappa shape index (κ2) is 7.07. The lowest BCUT2D eigenvalue weighted by Crippen LogP contribution is -2.33. The summed E-state index contributed by atoms with van der Waals surface area (Å²) < 4.78 is 37.7. The van der Waals surface area contributed by atoms with Crippen LogP contribution in [0.15, 0.2) is 40.1 Å². The molecule has 25 heavy (non-hydrogen) atoms. The molecule has 2 aromatic rings. The summed E-state index contributed by atoms with van der Waals surface area (Å²) in [6.07, 6.45) is 1.59. The molecule has 0 bridgehead atoms. The third kappa shape index (κ3) is 3.97. The summed E-state index contributed by atoms with van der Waals surface area (Å²) in [5.74, 6) is 0.508. The number of ether oxygens (including phenoxy) is 2. The zero-order valence-corrected chi connectivity index (χ0v) is 15.5. The quantitative estimate of drug-likeness (QED) is 0.835. The lowest BCUT2D eigenvalue weighted by molar-refractivity contribution is -0.116. The average molecular weight is 400 g/mol. The van der Waals surface area contributed by atoms with Gasteiger partial charge in [-0.05, 0) is 43.3 Å². The third-order valence-electron chi connectivity index (χ3n) is 3.34. The van der Waals surface area contributed by atoms with E-state index in [1.165, 1.54) is 12.1 Å². The lowest BCUT2D eigenvalue weighted by Gasteiger charge is -2.18. The monoisotopic (exact) mass is 399 g/mol. The van der Waals surface area contributed by atoms with Crippen LogP contribution in [0, 0.1) is 0 Å². The number of sulfonamides is 1. The van der Waals surface area contributed by atoms with Crippen LogP contribution in [0.1, 0.15) is 12.5 Å². The first-order valence-electron chi connectivity index (χ1n) is 7.32. The van der Waals surface area contributed by atoms with Crippen LogP contribution in [0.5, 0.6) is 11.5 Å². The van der Waals surface area contributed by atoms with E-state index in [0.717, 1.165) is 11.3 Å². The van der Waals surface area contributed by atoms with Gasteiger partial charge < -0.3 is 9.47 Å². The molecule has 0 fully saturated rings. The Balaban J connectivity index is 1.82. The highest BCUT2D eigenvalue weighted by Gasteiger charge is 2.24. The number of carbonyl (C=O) groups excluding carboxylic acids is 1. The molecule has 0 spiro atoms. The highest BCUT2D eigenvalue weighted by atomic mass is 35.5. The zero-order valence-electron chi connectivity index (χ0n) is 13.1. The number of carbonyl (C=O) groups is 1. The molecule has 0 radical (unpaired) electrons. The Morgan fingerprint density at radius 1 is 1.36 bits per heavy atom. The molecule has 1 amide bonds. The summed E-state index contributed by atoms with van der Waals surface area (Å²) in [5.41, 5.74) is 0.853. The van der Waals surface area contributed by atoms with Gasteiger partial charge in [-0.2, -0.15) is 0 Å². The Morgan fingerprint density at radius 2 is 2.16 bits per heavy atom. The van der Waals surface area contributed by atoms with Crippen molar-refractivity contribution in [2.75, 3.05) is 13.2 Å². The van der Waals surface area contributed by atoms with E-state index in [0.29, 0.717) is 28.0 Å². The summed E-state index contributed by atoms with van der Waals surface area (Å²) >= 11 is 6.62. The van der Waals surface area contributed by atoms with Gasteiger partial charge in [0.05, 0.1) is 16.5 Å². The van der Waals surface area contributed by atoms with Crippen LogP contribution >= 0.6 is 22.9 Å². The molecule has 9 heteroatoms. The Bertz CT molecular complexity index is 949. The second-order valence-electron chi connectivity index (χ2n) is 5.08. The van der Waals surface area contributed by atoms with Crippen molar-refractivity contribution in [3.63, 3.8) is 0 Å². The van der Waals surface area contributed by atoms with Gasteiger partial charge in [0.25, 0.3) is 15.9 Å². The number of fused-ring (bicyclic) bond motifs is 1. The number of benzene rings is 1. The van der Waals surface area contributed by atoms with Crippen molar-refractivity contribution in [3.8, 4) is 11.5 Å². The Labute approximate surface area is 154 Å². The predicted octanol–water partition coefficient (Wildman–Crippen LogP) is 3.08. The molecule has 1 N–H and O–H groups in total. The molecule has 0 unspecified atom stereocenters. The maximum Gasteiger partial charge on any atom is 0.273 e. The van der Waals surface area contributed by atoms with Gasteiger partial charge in [-0.25, -0.2) is 13.1 Å². The van der Waals surface area contributed by atoms with Crippen LogP contribution in [0.3, 0.4) is 0 Å². The molecule has 3 rings (SSSR count). The first-order chi connectivity index (χ1) is 11.9. The molecule has 132 valence electrons. The van der Waals surface area contributed by atoms with Gasteiger partial charge in [-0.3, -0.25) is 4.79 Å². The van der Waals surface area contributed by atoms with Crippen molar-refractivity contribution >= 4 is 44.9 Å². The van der Waals surface area contributed by atoms with Crippen molar-refractivity contribution < 1.29 is 22.7 Å². The van der Waals surface area contributed by atoms with E-state index in [4.69, 9.17) is 21.1 Å². The third-order valence-corrected chi connectivity index (χ3v) is 6.39. The molecule has 0 atom stereocenters. The first kappa shape index (κ1) is 17.8. The molecule has 1 aromatic heterocycles. The van der Waals surface area contributed by atoms with Gasteiger partial charge in [0.2, 0.25) is 0 Å². The van der Waals surface area contributed by atoms with Crippen LogP contribution < -0.4 is 14.2 Å². The van der Waals surface area contributed by atoms with E-state index in [-0.39, 0.29) is 16.4 Å². The van der Waals surface area contributed by atoms with Gasteiger partial charge in [-0.1, -0.05) is 11.6 Å². The van der Waals surface area contributed by atoms with Crippen LogP contribution in [0.4, 0.5) is 0 Å². The standard InChI is InChI=1S/C16H14ClNO5S2/c1-2-22-12-3-4-13-10(8-12)7-11(9-23-13)16(19)18-25(20,21)15-6-5-14(17)24-15/h3-8H,2,9H2,1H3,(H,18,19). The SMILES string of the molecule is CCOc1ccc2c(c1)C=C(C(=O)NS(=O)(=O)c1ccc(Cl)s1)CO2. The van der Waals surface area contributed by atoms with Gasteiger partial charge in [-0.15, -0.1) is 11.3 Å². The van der Waals surface area contributed by atoms with Crippen LogP contribution in [-0.2, 0) is 14.8 Å². The van der Waals surface area contributed by atoms with Crippen molar-refractivity contribution in [2.45, 2.75) is 11.1 Å². The summed E-state index contributed by atoms with van der Waals surface area (Å²) in [5, 5.41) is 0. The highest BCUT2D eigenvalue weighted by molar-refractivity contribution is 7.92. The van der Waals surface area contributed by atoms with E-state index in [1.54, 1.807) is 24.3 Å². The number of nitrogens with one attached hydrogen (secondary N) is 1. The Kier molecular flexibility index (Phi) is 5.03. The van der Waals surface area contributed by atoms with Gasteiger partial charge in [0.1, 0.15) is 22.3 Å². The second-order valence-corrected chi connectivity index (χ2v) is 8.71. The predicted molar refractivity (Wildman–Crippen MR) is 95.7 cm³/mol. The summed E-state index contributed by atoms with van der Waals surface area (Å²) in [7, 11) is -3.97. The number of amides is 1. The number of hydrogen-bond donors (Lipinski definition) is 1. The van der Waals surface area contributed by atoms with E-state index >= 15 is 0 Å². The molecule has 0 saturated heterocycles. The lowest BCUT2D eigenvalue weighted by atomic mass is 10.1. The number of halogens is 1. The fraction of sp³-hybridized carbons (Fsp3) is 0.188. The maximum atomic E-state index is 12.3. The normalized spacial score (nSPS) is 13.4. The molecule has 0 saturated carbocycles. The number of thiophene rings is 1. The van der Waals surface area contributed by atoms with Crippen LogP contribution in [-0.4, -0.2) is 27.5 Å². The molecule has 1 aliphatic rings. The van der Waals surface area contributed by atoms with Crippen molar-refractivity contribution in [2.24, 2.45) is 0 Å². The van der Waals surface area contributed by atoms with Crippen molar-refractivity contribution in [1.82, 2.24) is 4.72 Å². The minimum absolute atomic E-state index is 0.0203. The molecule has 6 nitrogen and oxygen atoms in total. The Hall–Kier alpha value is -2.03. The number of hydrogen-bond acceptors (Lipinski definition) is 6. The molecule has 1 aromatic carbocycles. The smallest absolute Gasteiger partial charge is 0.273 e. The summed E-state index contributed by atoms with van der Waals surface area (Å²) in [4.78, 5) is 12.3. The van der Waals surface area contributed by atoms with Crippen LogP contribution in [0.2, 0.25) is 4.34 Å². The first-order valence-corrected chi connectivity index (χ1v) is 9.99. The summed E-state index contributed by atoms with van der Waals surface area (Å²) in [6, 6.07) is 8.05. The molecule has 0 aliphatic carbocycles. The molecule has 2 heterocycles. The van der Waals surface area contributed by atoms with Gasteiger partial charge in [0.15, 0.2) is 0 Å². The van der Waals surface area contributed by atoms with E-state index in [2.05, 4.69) is 0 Å². The fourth-order valence-electron chi connectivity index (χ4n) is 2.22. The molecular formula is C16H14ClNO5S2. The van der Waals surface area contributed by atoms with Crippen LogP contribution in [0.25, 0.3) is 6.08 Å². The summed E-state index contributed by atoms with van der Waals surface area (Å²) in [6.45, 7) is 2.36. The molecular weight excluding hydrogens is 386 g/mol. The molecule has 1 aliphatic heterocycles. The average Bonchev–Trinajstić information content (AvgIpc) is 3.01. The van der Waals surface area contributed by atoms with Crippen molar-refractivity contribution in [1.29, 1.82) is 0 Å². The fourth-order valence-corrected chi connectivity index (χ4v) is 4.69. The highest BCUT2D eigenvalue weighted by Crippen LogP contribution is 2.30. The minimum Gasteiger partial charge on any atom is -0.494 e. The van der Waals surface area contributed by atoms with Gasteiger partial charge in [0, 0.05) is 5.56 Å². The van der Waals surface area contributed by atoms with E-state index in [9.17, 15) is 13.2 Å². The van der Waals surface area contributed by atoms with Crippen molar-refractivity contribution in [3.05, 3.63) is 45.8 Å². The van der Waals surface area contributed by atoms with Gasteiger partial charge >= 0.3 is 0 Å².